The van der Waals surface area contributed by atoms with Crippen molar-refractivity contribution in [1.82, 2.24) is 4.98 Å². The molecule has 0 bridgehead atoms. The molecule has 0 fully saturated rings. The number of hydrogen-bond acceptors (Lipinski definition) is 3. The third-order valence-corrected chi connectivity index (χ3v) is 4.02. The molecule has 1 aromatic heterocycles. The van der Waals surface area contributed by atoms with Gasteiger partial charge in [0.1, 0.15) is 22.9 Å². The predicted molar refractivity (Wildman–Crippen MR) is 93.1 cm³/mol. The van der Waals surface area contributed by atoms with E-state index in [4.69, 9.17) is 16.3 Å². The number of hydrogen-bond donors (Lipinski definition) is 1. The van der Waals surface area contributed by atoms with E-state index in [1.807, 2.05) is 0 Å². The van der Waals surface area contributed by atoms with Gasteiger partial charge in [0, 0.05) is 11.6 Å². The molecule has 10 heteroatoms. The zero-order valence-corrected chi connectivity index (χ0v) is 14.9. The molecule has 1 heterocycles. The van der Waals surface area contributed by atoms with Crippen molar-refractivity contribution >= 4 is 17.6 Å². The number of nitrogens with zero attached hydrogens (tertiary/aromatic N) is 1. The van der Waals surface area contributed by atoms with Gasteiger partial charge >= 0.3 is 12.1 Å². The Labute approximate surface area is 165 Å². The van der Waals surface area contributed by atoms with E-state index in [0.717, 1.165) is 12.1 Å². The minimum Gasteiger partial charge on any atom is -0.477 e. The Bertz CT molecular complexity index is 1080. The lowest BCUT2D eigenvalue weighted by atomic mass is 10.0. The summed E-state index contributed by atoms with van der Waals surface area (Å²) in [6.07, 6.45) is -5.12. The highest BCUT2D eigenvalue weighted by Crippen LogP contribution is 2.40. The number of aromatic carboxylic acids is 1. The van der Waals surface area contributed by atoms with Crippen LogP contribution in [0.25, 0.3) is 11.3 Å². The molecule has 0 aliphatic carbocycles. The van der Waals surface area contributed by atoms with E-state index in [1.165, 1.54) is 24.3 Å². The second-order valence-electron chi connectivity index (χ2n) is 5.73. The number of pyridine rings is 1. The summed E-state index contributed by atoms with van der Waals surface area (Å²) in [5.74, 6) is -5.14. The Balaban J connectivity index is 2.29. The Morgan fingerprint density at radius 3 is 2.21 bits per heavy atom. The van der Waals surface area contributed by atoms with Crippen molar-refractivity contribution in [2.75, 3.05) is 0 Å². The average Bonchev–Trinajstić information content (AvgIpc) is 2.61. The van der Waals surface area contributed by atoms with E-state index >= 15 is 0 Å². The number of carboxylic acids is 1. The van der Waals surface area contributed by atoms with Crippen LogP contribution >= 0.6 is 11.6 Å². The van der Waals surface area contributed by atoms with Crippen molar-refractivity contribution in [3.8, 4) is 22.9 Å². The lowest BCUT2D eigenvalue weighted by Crippen LogP contribution is -2.16. The van der Waals surface area contributed by atoms with Crippen LogP contribution in [0.4, 0.5) is 22.0 Å². The molecule has 3 aromatic rings. The van der Waals surface area contributed by atoms with Gasteiger partial charge in [0.15, 0.2) is 0 Å². The van der Waals surface area contributed by atoms with Gasteiger partial charge in [-0.15, -0.1) is 0 Å². The number of rotatable bonds is 4. The second-order valence-corrected chi connectivity index (χ2v) is 6.14. The minimum atomic E-state index is -5.12. The van der Waals surface area contributed by atoms with E-state index in [2.05, 4.69) is 4.98 Å². The monoisotopic (exact) mass is 429 g/mol. The van der Waals surface area contributed by atoms with Gasteiger partial charge in [0.25, 0.3) is 0 Å². The van der Waals surface area contributed by atoms with Crippen molar-refractivity contribution in [2.45, 2.75) is 6.18 Å². The van der Waals surface area contributed by atoms with Gasteiger partial charge in [-0.1, -0.05) is 23.7 Å². The summed E-state index contributed by atoms with van der Waals surface area (Å²) in [6, 6.07) is 8.06. The zero-order valence-electron chi connectivity index (χ0n) is 14.1. The maximum Gasteiger partial charge on any atom is 0.417 e. The van der Waals surface area contributed by atoms with Crippen LogP contribution in [-0.4, -0.2) is 16.1 Å². The molecule has 0 atom stereocenters. The molecule has 0 unspecified atom stereocenters. The van der Waals surface area contributed by atoms with Gasteiger partial charge in [-0.05, 0) is 30.3 Å². The van der Waals surface area contributed by atoms with E-state index in [1.54, 1.807) is 0 Å². The first-order chi connectivity index (χ1) is 13.6. The topological polar surface area (TPSA) is 59.4 Å². The lowest BCUT2D eigenvalue weighted by Gasteiger charge is -2.16. The van der Waals surface area contributed by atoms with Crippen LogP contribution < -0.4 is 4.74 Å². The molecular weight excluding hydrogens is 421 g/mol. The van der Waals surface area contributed by atoms with E-state index in [-0.39, 0.29) is 16.3 Å². The highest BCUT2D eigenvalue weighted by Gasteiger charge is 2.39. The number of ether oxygens (including phenoxy) is 1. The average molecular weight is 430 g/mol. The smallest absolute Gasteiger partial charge is 0.417 e. The number of aromatic nitrogens is 1. The van der Waals surface area contributed by atoms with Crippen LogP contribution in [0.1, 0.15) is 15.9 Å². The molecule has 150 valence electrons. The third kappa shape index (κ3) is 4.45. The maximum atomic E-state index is 13.5. The van der Waals surface area contributed by atoms with E-state index in [0.29, 0.717) is 12.1 Å². The first kappa shape index (κ1) is 20.5. The van der Waals surface area contributed by atoms with Crippen molar-refractivity contribution in [3.05, 3.63) is 76.3 Å². The number of carboxylic acid groups (broad SMARTS) is 1. The van der Waals surface area contributed by atoms with Gasteiger partial charge in [-0.2, -0.15) is 13.2 Å². The quantitative estimate of drug-likeness (QED) is 0.502. The molecule has 0 spiro atoms. The molecule has 4 nitrogen and oxygen atoms in total. The van der Waals surface area contributed by atoms with Gasteiger partial charge in [0.2, 0.25) is 5.88 Å². The number of carbonyl (C=O) groups is 1. The Hall–Kier alpha value is -3.20. The summed E-state index contributed by atoms with van der Waals surface area (Å²) < 4.78 is 72.9. The first-order valence-electron chi connectivity index (χ1n) is 7.80. The Morgan fingerprint density at radius 1 is 1.03 bits per heavy atom. The highest BCUT2D eigenvalue weighted by molar-refractivity contribution is 6.32. The summed E-state index contributed by atoms with van der Waals surface area (Å²) in [5, 5.41) is 9.32. The Morgan fingerprint density at radius 2 is 1.66 bits per heavy atom. The zero-order chi connectivity index (χ0) is 21.3. The molecule has 1 N–H and O–H groups in total. The first-order valence-corrected chi connectivity index (χ1v) is 8.18. The molecule has 0 amide bonds. The molecule has 29 heavy (non-hydrogen) atoms. The van der Waals surface area contributed by atoms with Crippen molar-refractivity contribution in [1.29, 1.82) is 0 Å². The van der Waals surface area contributed by atoms with Crippen LogP contribution in [0.3, 0.4) is 0 Å². The minimum absolute atomic E-state index is 0.0126. The standard InChI is InChI=1S/C19H9ClF5NO3/c20-13-3-1-2-4-15(13)29-17-16(18(27)28)12(19(23,24)25)8-14(26-17)9-5-10(21)7-11(22)6-9/h1-8H,(H,27,28). The van der Waals surface area contributed by atoms with Crippen LogP contribution in [-0.2, 0) is 6.18 Å². The third-order valence-electron chi connectivity index (χ3n) is 3.71. The summed E-state index contributed by atoms with van der Waals surface area (Å²) in [4.78, 5) is 15.3. The van der Waals surface area contributed by atoms with Crippen LogP contribution in [0.15, 0.2) is 48.5 Å². The van der Waals surface area contributed by atoms with Gasteiger partial charge in [-0.3, -0.25) is 0 Å². The SMILES string of the molecule is O=C(O)c1c(C(F)(F)F)cc(-c2cc(F)cc(F)c2)nc1Oc1ccccc1Cl. The predicted octanol–water partition coefficient (Wildman–Crippen LogP) is 6.19. The molecule has 0 saturated heterocycles. The Kier molecular flexibility index (Phi) is 5.43. The summed E-state index contributed by atoms with van der Waals surface area (Å²) >= 11 is 5.91. The van der Waals surface area contributed by atoms with Crippen LogP contribution in [0.5, 0.6) is 11.6 Å². The van der Waals surface area contributed by atoms with E-state index in [9.17, 15) is 31.9 Å². The van der Waals surface area contributed by atoms with Crippen molar-refractivity contribution in [3.63, 3.8) is 0 Å². The fourth-order valence-corrected chi connectivity index (χ4v) is 2.68. The normalized spacial score (nSPS) is 11.4. The molecule has 0 saturated carbocycles. The molecular formula is C19H9ClF5NO3. The fourth-order valence-electron chi connectivity index (χ4n) is 2.51. The maximum absolute atomic E-state index is 13.5. The number of alkyl halides is 3. The van der Waals surface area contributed by atoms with Gasteiger partial charge < -0.3 is 9.84 Å². The van der Waals surface area contributed by atoms with Gasteiger partial charge in [0.05, 0.1) is 16.3 Å². The molecule has 0 radical (unpaired) electrons. The number of benzene rings is 2. The van der Waals surface area contributed by atoms with E-state index < -0.39 is 46.5 Å². The van der Waals surface area contributed by atoms with Crippen LogP contribution in [0, 0.1) is 11.6 Å². The second kappa shape index (κ2) is 7.67. The van der Waals surface area contributed by atoms with Crippen molar-refractivity contribution < 1.29 is 36.6 Å². The number of para-hydroxylation sites is 1. The molecule has 0 aliphatic rings. The summed E-state index contributed by atoms with van der Waals surface area (Å²) in [6.45, 7) is 0. The number of halogens is 6. The highest BCUT2D eigenvalue weighted by atomic mass is 35.5. The summed E-state index contributed by atoms with van der Waals surface area (Å²) in [5.41, 5.74) is -3.74. The largest absolute Gasteiger partial charge is 0.477 e. The van der Waals surface area contributed by atoms with Crippen LogP contribution in [0.2, 0.25) is 5.02 Å². The molecule has 0 aliphatic heterocycles. The van der Waals surface area contributed by atoms with Crippen molar-refractivity contribution in [2.24, 2.45) is 0 Å². The fraction of sp³-hybridized carbons (Fsp3) is 0.0526. The molecule has 2 aromatic carbocycles. The van der Waals surface area contributed by atoms with Gasteiger partial charge in [-0.25, -0.2) is 18.6 Å². The molecule has 3 rings (SSSR count). The summed E-state index contributed by atoms with van der Waals surface area (Å²) in [7, 11) is 0. The lowest BCUT2D eigenvalue weighted by molar-refractivity contribution is -0.138.